The van der Waals surface area contributed by atoms with E-state index in [2.05, 4.69) is 12.2 Å². The van der Waals surface area contributed by atoms with E-state index < -0.39 is 10.8 Å². The van der Waals surface area contributed by atoms with E-state index in [0.29, 0.717) is 25.9 Å². The molecule has 0 rings (SSSR count). The van der Waals surface area contributed by atoms with Crippen LogP contribution in [0.5, 0.6) is 0 Å². The summed E-state index contributed by atoms with van der Waals surface area (Å²) in [5.41, 5.74) is 0. The molecule has 0 aliphatic carbocycles. The van der Waals surface area contributed by atoms with Crippen molar-refractivity contribution in [2.75, 3.05) is 45.5 Å². The van der Waals surface area contributed by atoms with Gasteiger partial charge >= 0.3 is 0 Å². The Kier molecular flexibility index (Phi) is 10.6. The molecule has 0 saturated heterocycles. The quantitative estimate of drug-likeness (QED) is 0.559. The second-order valence-corrected chi connectivity index (χ2v) is 5.08. The number of ether oxygens (including phenoxy) is 2. The molecule has 1 N–H and O–H groups in total. The molecule has 0 radical (unpaired) electrons. The van der Waals surface area contributed by atoms with Crippen LogP contribution in [0.25, 0.3) is 0 Å². The van der Waals surface area contributed by atoms with Gasteiger partial charge in [-0.25, -0.2) is 0 Å². The van der Waals surface area contributed by atoms with Crippen molar-refractivity contribution in [1.82, 2.24) is 5.32 Å². The largest absolute Gasteiger partial charge is 0.382 e. The second-order valence-electron chi connectivity index (χ2n) is 3.53. The summed E-state index contributed by atoms with van der Waals surface area (Å²) >= 11 is 0. The Hall–Kier alpha value is 0.0300. The highest BCUT2D eigenvalue weighted by atomic mass is 32.2. The first-order chi connectivity index (χ1) is 7.16. The van der Waals surface area contributed by atoms with Crippen LogP contribution in [0.3, 0.4) is 0 Å². The average molecular weight is 237 g/mol. The summed E-state index contributed by atoms with van der Waals surface area (Å²) in [6, 6.07) is 0.403. The van der Waals surface area contributed by atoms with Crippen LogP contribution in [-0.2, 0) is 20.3 Å². The van der Waals surface area contributed by atoms with E-state index >= 15 is 0 Å². The number of hydrogen-bond acceptors (Lipinski definition) is 4. The van der Waals surface area contributed by atoms with Crippen LogP contribution in [0, 0.1) is 0 Å². The van der Waals surface area contributed by atoms with Crippen molar-refractivity contribution in [2.24, 2.45) is 0 Å². The first-order valence-electron chi connectivity index (χ1n) is 5.27. The Labute approximate surface area is 95.2 Å². The maximum atomic E-state index is 10.8. The number of methoxy groups -OCH3 is 1. The summed E-state index contributed by atoms with van der Waals surface area (Å²) in [5, 5.41) is 3.31. The van der Waals surface area contributed by atoms with Gasteiger partial charge in [-0.05, 0) is 13.3 Å². The predicted molar refractivity (Wildman–Crippen MR) is 63.7 cm³/mol. The van der Waals surface area contributed by atoms with E-state index in [9.17, 15) is 4.21 Å². The van der Waals surface area contributed by atoms with Crippen LogP contribution in [0.2, 0.25) is 0 Å². The molecule has 0 spiro atoms. The Bertz CT molecular complexity index is 167. The van der Waals surface area contributed by atoms with Gasteiger partial charge in [0.05, 0.1) is 19.8 Å². The van der Waals surface area contributed by atoms with Gasteiger partial charge < -0.3 is 14.8 Å². The van der Waals surface area contributed by atoms with E-state index in [4.69, 9.17) is 9.47 Å². The fourth-order valence-corrected chi connectivity index (χ4v) is 1.75. The lowest BCUT2D eigenvalue weighted by Gasteiger charge is -2.12. The van der Waals surface area contributed by atoms with E-state index in [0.717, 1.165) is 18.7 Å². The Morgan fingerprint density at radius 2 is 2.07 bits per heavy atom. The van der Waals surface area contributed by atoms with Crippen molar-refractivity contribution < 1.29 is 13.7 Å². The van der Waals surface area contributed by atoms with Crippen LogP contribution in [0.1, 0.15) is 13.3 Å². The predicted octanol–water partition coefficient (Wildman–Crippen LogP) is 0.396. The third-order valence-corrected chi connectivity index (χ3v) is 2.82. The standard InChI is InChI=1S/C10H23NO3S/c1-10(4-9-15(3)12)11-5-6-14-8-7-13-2/h10-11H,4-9H2,1-3H3. The molecule has 0 aliphatic rings. The summed E-state index contributed by atoms with van der Waals surface area (Å²) < 4.78 is 21.0. The zero-order valence-electron chi connectivity index (χ0n) is 9.95. The lowest BCUT2D eigenvalue weighted by molar-refractivity contribution is 0.0712. The average Bonchev–Trinajstić information content (AvgIpc) is 2.20. The molecule has 92 valence electrons. The molecule has 5 heteroatoms. The third-order valence-electron chi connectivity index (χ3n) is 2.01. The number of nitrogens with one attached hydrogen (secondary N) is 1. The van der Waals surface area contributed by atoms with Gasteiger partial charge in [-0.2, -0.15) is 0 Å². The maximum absolute atomic E-state index is 10.8. The smallest absolute Gasteiger partial charge is 0.0700 e. The van der Waals surface area contributed by atoms with Crippen molar-refractivity contribution in [1.29, 1.82) is 0 Å². The Morgan fingerprint density at radius 1 is 1.33 bits per heavy atom. The van der Waals surface area contributed by atoms with Crippen molar-refractivity contribution in [3.63, 3.8) is 0 Å². The topological polar surface area (TPSA) is 47.6 Å². The van der Waals surface area contributed by atoms with Gasteiger partial charge in [0.1, 0.15) is 0 Å². The molecule has 0 bridgehead atoms. The summed E-state index contributed by atoms with van der Waals surface area (Å²) in [6.07, 6.45) is 2.68. The molecule has 0 heterocycles. The van der Waals surface area contributed by atoms with Gasteiger partial charge in [0, 0.05) is 42.5 Å². The van der Waals surface area contributed by atoms with Crippen molar-refractivity contribution >= 4 is 10.8 Å². The zero-order chi connectivity index (χ0) is 11.5. The molecule has 0 amide bonds. The lowest BCUT2D eigenvalue weighted by Crippen LogP contribution is -2.30. The summed E-state index contributed by atoms with van der Waals surface area (Å²) in [7, 11) is 0.976. The Balaban J connectivity index is 3.16. The van der Waals surface area contributed by atoms with Crippen LogP contribution in [-0.4, -0.2) is 55.7 Å². The second kappa shape index (κ2) is 10.5. The van der Waals surface area contributed by atoms with Gasteiger partial charge in [0.2, 0.25) is 0 Å². The minimum atomic E-state index is -0.686. The van der Waals surface area contributed by atoms with Gasteiger partial charge in [0.25, 0.3) is 0 Å². The van der Waals surface area contributed by atoms with Crippen LogP contribution in [0.4, 0.5) is 0 Å². The molecule has 0 aromatic rings. The molecule has 0 fully saturated rings. The fourth-order valence-electron chi connectivity index (χ4n) is 1.07. The van der Waals surface area contributed by atoms with Gasteiger partial charge in [-0.15, -0.1) is 0 Å². The van der Waals surface area contributed by atoms with Crippen LogP contribution >= 0.6 is 0 Å². The highest BCUT2D eigenvalue weighted by molar-refractivity contribution is 7.84. The molecule has 15 heavy (non-hydrogen) atoms. The maximum Gasteiger partial charge on any atom is 0.0700 e. The molecule has 0 saturated carbocycles. The van der Waals surface area contributed by atoms with E-state index in [1.54, 1.807) is 13.4 Å². The molecule has 0 aromatic heterocycles. The van der Waals surface area contributed by atoms with E-state index in [-0.39, 0.29) is 0 Å². The lowest BCUT2D eigenvalue weighted by atomic mass is 10.2. The van der Waals surface area contributed by atoms with Crippen molar-refractivity contribution in [3.8, 4) is 0 Å². The zero-order valence-corrected chi connectivity index (χ0v) is 10.8. The van der Waals surface area contributed by atoms with Crippen LogP contribution < -0.4 is 5.32 Å². The van der Waals surface area contributed by atoms with E-state index in [1.165, 1.54) is 0 Å². The van der Waals surface area contributed by atoms with Gasteiger partial charge in [-0.1, -0.05) is 0 Å². The molecular formula is C10H23NO3S. The van der Waals surface area contributed by atoms with E-state index in [1.807, 2.05) is 0 Å². The minimum absolute atomic E-state index is 0.403. The highest BCUT2D eigenvalue weighted by Crippen LogP contribution is 1.91. The molecule has 0 aromatic carbocycles. The normalized spacial score (nSPS) is 15.1. The first kappa shape index (κ1) is 15.0. The number of rotatable bonds is 10. The first-order valence-corrected chi connectivity index (χ1v) is 6.99. The third kappa shape index (κ3) is 12.0. The van der Waals surface area contributed by atoms with Crippen LogP contribution in [0.15, 0.2) is 0 Å². The fraction of sp³-hybridized carbons (Fsp3) is 1.00. The molecule has 2 atom stereocenters. The monoisotopic (exact) mass is 237 g/mol. The summed E-state index contributed by atoms with van der Waals surface area (Å²) in [4.78, 5) is 0. The number of hydrogen-bond donors (Lipinski definition) is 1. The molecule has 2 unspecified atom stereocenters. The molecule has 0 aliphatic heterocycles. The SMILES string of the molecule is COCCOCCNC(C)CCS(C)=O. The highest BCUT2D eigenvalue weighted by Gasteiger charge is 2.01. The minimum Gasteiger partial charge on any atom is -0.382 e. The van der Waals surface area contributed by atoms with Gasteiger partial charge in [-0.3, -0.25) is 4.21 Å². The van der Waals surface area contributed by atoms with Crippen molar-refractivity contribution in [2.45, 2.75) is 19.4 Å². The molecule has 4 nitrogen and oxygen atoms in total. The molecular weight excluding hydrogens is 214 g/mol. The van der Waals surface area contributed by atoms with Gasteiger partial charge in [0.15, 0.2) is 0 Å². The summed E-state index contributed by atoms with van der Waals surface area (Å²) in [6.45, 7) is 4.92. The Morgan fingerprint density at radius 3 is 2.67 bits per heavy atom. The summed E-state index contributed by atoms with van der Waals surface area (Å²) in [5.74, 6) is 0.763. The van der Waals surface area contributed by atoms with Crippen molar-refractivity contribution in [3.05, 3.63) is 0 Å².